The number of aromatic nitrogens is 1. The average Bonchev–Trinajstić information content (AvgIpc) is 3.14. The number of aryl methyl sites for hydroxylation is 1. The molecule has 27 heavy (non-hydrogen) atoms. The summed E-state index contributed by atoms with van der Waals surface area (Å²) < 4.78 is 10.5. The van der Waals surface area contributed by atoms with Crippen LogP contribution >= 0.6 is 11.3 Å². The van der Waals surface area contributed by atoms with Gasteiger partial charge in [-0.3, -0.25) is 4.79 Å². The van der Waals surface area contributed by atoms with E-state index in [2.05, 4.69) is 10.3 Å². The van der Waals surface area contributed by atoms with E-state index < -0.39 is 0 Å². The van der Waals surface area contributed by atoms with Gasteiger partial charge in [-0.2, -0.15) is 0 Å². The number of rotatable bonds is 7. The van der Waals surface area contributed by atoms with Crippen molar-refractivity contribution in [3.05, 3.63) is 53.4 Å². The van der Waals surface area contributed by atoms with Gasteiger partial charge in [-0.15, -0.1) is 11.3 Å². The van der Waals surface area contributed by atoms with E-state index in [1.165, 1.54) is 11.3 Å². The molecule has 0 saturated heterocycles. The first-order chi connectivity index (χ1) is 13.1. The topological polar surface area (TPSA) is 86.5 Å². The number of hydrogen-bond acceptors (Lipinski definition) is 6. The third kappa shape index (κ3) is 4.77. The van der Waals surface area contributed by atoms with Crippen molar-refractivity contribution in [1.82, 2.24) is 4.98 Å². The standard InChI is InChI=1S/C20H21N3O3S/c1-25-17-8-6-13(10-18(17)26-2)7-9-19(24)23-20-22-16(12-27-20)14-4-3-5-15(21)11-14/h3-6,8,10-12H,7,9,21H2,1-2H3,(H,22,23,24). The Kier molecular flexibility index (Phi) is 5.93. The minimum atomic E-state index is -0.0849. The summed E-state index contributed by atoms with van der Waals surface area (Å²) in [4.78, 5) is 16.7. The first-order valence-electron chi connectivity index (χ1n) is 8.41. The number of hydrogen-bond donors (Lipinski definition) is 2. The van der Waals surface area contributed by atoms with E-state index in [1.807, 2.05) is 47.8 Å². The van der Waals surface area contributed by atoms with Crippen molar-refractivity contribution in [3.8, 4) is 22.8 Å². The number of nitrogens with zero attached hydrogens (tertiary/aromatic N) is 1. The van der Waals surface area contributed by atoms with Gasteiger partial charge in [0.1, 0.15) is 0 Å². The number of thiazole rings is 1. The molecule has 3 N–H and O–H groups in total. The van der Waals surface area contributed by atoms with Gasteiger partial charge in [0.15, 0.2) is 16.6 Å². The van der Waals surface area contributed by atoms with Crippen molar-refractivity contribution >= 4 is 28.1 Å². The van der Waals surface area contributed by atoms with Crippen molar-refractivity contribution < 1.29 is 14.3 Å². The summed E-state index contributed by atoms with van der Waals surface area (Å²) in [5.74, 6) is 1.24. The van der Waals surface area contributed by atoms with Gasteiger partial charge in [-0.1, -0.05) is 18.2 Å². The lowest BCUT2D eigenvalue weighted by molar-refractivity contribution is -0.116. The molecule has 1 aromatic heterocycles. The molecule has 0 aliphatic rings. The molecule has 3 rings (SSSR count). The lowest BCUT2D eigenvalue weighted by Gasteiger charge is -2.09. The van der Waals surface area contributed by atoms with Crippen LogP contribution in [-0.4, -0.2) is 25.1 Å². The second kappa shape index (κ2) is 8.55. The Morgan fingerprint density at radius 1 is 1.15 bits per heavy atom. The maximum Gasteiger partial charge on any atom is 0.226 e. The van der Waals surface area contributed by atoms with E-state index in [1.54, 1.807) is 14.2 Å². The van der Waals surface area contributed by atoms with Crippen molar-refractivity contribution in [3.63, 3.8) is 0 Å². The summed E-state index contributed by atoms with van der Waals surface area (Å²) >= 11 is 1.39. The van der Waals surface area contributed by atoms with E-state index in [0.29, 0.717) is 35.2 Å². The van der Waals surface area contributed by atoms with E-state index in [9.17, 15) is 4.79 Å². The fourth-order valence-electron chi connectivity index (χ4n) is 2.64. The van der Waals surface area contributed by atoms with Gasteiger partial charge in [-0.05, 0) is 36.2 Å². The van der Waals surface area contributed by atoms with Crippen molar-refractivity contribution in [2.75, 3.05) is 25.3 Å². The molecule has 140 valence electrons. The van der Waals surface area contributed by atoms with Gasteiger partial charge in [0, 0.05) is 23.1 Å². The predicted octanol–water partition coefficient (Wildman–Crippen LogP) is 3.98. The highest BCUT2D eigenvalue weighted by molar-refractivity contribution is 7.14. The Morgan fingerprint density at radius 2 is 1.96 bits per heavy atom. The largest absolute Gasteiger partial charge is 0.493 e. The van der Waals surface area contributed by atoms with Crippen LogP contribution in [0.25, 0.3) is 11.3 Å². The first-order valence-corrected chi connectivity index (χ1v) is 9.29. The molecule has 1 heterocycles. The molecule has 0 unspecified atom stereocenters. The normalized spacial score (nSPS) is 10.4. The van der Waals surface area contributed by atoms with Gasteiger partial charge in [-0.25, -0.2) is 4.98 Å². The van der Waals surface area contributed by atoms with Crippen LogP contribution in [0, 0.1) is 0 Å². The first kappa shape index (κ1) is 18.7. The fraction of sp³-hybridized carbons (Fsp3) is 0.200. The Labute approximate surface area is 162 Å². The Bertz CT molecular complexity index is 940. The molecule has 0 radical (unpaired) electrons. The predicted molar refractivity (Wildman–Crippen MR) is 108 cm³/mol. The molecule has 3 aromatic rings. The van der Waals surface area contributed by atoms with Crippen LogP contribution in [0.4, 0.5) is 10.8 Å². The number of anilines is 2. The second-order valence-electron chi connectivity index (χ2n) is 5.90. The summed E-state index contributed by atoms with van der Waals surface area (Å²) in [6.07, 6.45) is 0.947. The molecule has 0 bridgehead atoms. The molecule has 1 amide bonds. The summed E-state index contributed by atoms with van der Waals surface area (Å²) in [7, 11) is 3.19. The molecule has 0 fully saturated rings. The van der Waals surface area contributed by atoms with Crippen LogP contribution in [0.2, 0.25) is 0 Å². The Hall–Kier alpha value is -3.06. The summed E-state index contributed by atoms with van der Waals surface area (Å²) in [5, 5.41) is 5.32. The molecule has 0 saturated carbocycles. The fourth-order valence-corrected chi connectivity index (χ4v) is 3.37. The zero-order valence-corrected chi connectivity index (χ0v) is 16.0. The Balaban J connectivity index is 1.59. The van der Waals surface area contributed by atoms with E-state index in [4.69, 9.17) is 15.2 Å². The number of methoxy groups -OCH3 is 2. The minimum absolute atomic E-state index is 0.0849. The molecule has 2 aromatic carbocycles. The summed E-state index contributed by atoms with van der Waals surface area (Å²) in [5.41, 5.74) is 9.21. The zero-order valence-electron chi connectivity index (χ0n) is 15.2. The number of nitrogens with two attached hydrogens (primary N) is 1. The average molecular weight is 383 g/mol. The van der Waals surface area contributed by atoms with Crippen LogP contribution in [0.5, 0.6) is 11.5 Å². The highest BCUT2D eigenvalue weighted by atomic mass is 32.1. The van der Waals surface area contributed by atoms with Gasteiger partial charge in [0.25, 0.3) is 0 Å². The maximum absolute atomic E-state index is 12.2. The van der Waals surface area contributed by atoms with E-state index in [-0.39, 0.29) is 5.91 Å². The Morgan fingerprint density at radius 3 is 2.70 bits per heavy atom. The SMILES string of the molecule is COc1ccc(CCC(=O)Nc2nc(-c3cccc(N)c3)cs2)cc1OC. The molecular formula is C20H21N3O3S. The van der Waals surface area contributed by atoms with Crippen LogP contribution in [0.3, 0.4) is 0 Å². The smallest absolute Gasteiger partial charge is 0.226 e. The zero-order chi connectivity index (χ0) is 19.2. The van der Waals surface area contributed by atoms with Gasteiger partial charge in [0.2, 0.25) is 5.91 Å². The lowest BCUT2D eigenvalue weighted by Crippen LogP contribution is -2.12. The molecule has 6 nitrogen and oxygen atoms in total. The number of carbonyl (C=O) groups excluding carboxylic acids is 1. The molecule has 0 aliphatic heterocycles. The number of amides is 1. The van der Waals surface area contributed by atoms with Crippen LogP contribution in [0.1, 0.15) is 12.0 Å². The molecule has 0 atom stereocenters. The number of ether oxygens (including phenoxy) is 2. The molecule has 0 aliphatic carbocycles. The molecule has 7 heteroatoms. The van der Waals surface area contributed by atoms with Crippen LogP contribution in [-0.2, 0) is 11.2 Å². The van der Waals surface area contributed by atoms with Crippen molar-refractivity contribution in [2.45, 2.75) is 12.8 Å². The van der Waals surface area contributed by atoms with Gasteiger partial charge >= 0.3 is 0 Å². The number of nitrogens with one attached hydrogen (secondary N) is 1. The maximum atomic E-state index is 12.2. The number of nitrogen functional groups attached to an aromatic ring is 1. The summed E-state index contributed by atoms with van der Waals surface area (Å²) in [6.45, 7) is 0. The second-order valence-corrected chi connectivity index (χ2v) is 6.76. The monoisotopic (exact) mass is 383 g/mol. The third-order valence-electron chi connectivity index (χ3n) is 4.02. The van der Waals surface area contributed by atoms with Crippen LogP contribution < -0.4 is 20.5 Å². The molecular weight excluding hydrogens is 362 g/mol. The molecule has 0 spiro atoms. The van der Waals surface area contributed by atoms with Crippen LogP contribution in [0.15, 0.2) is 47.8 Å². The van der Waals surface area contributed by atoms with Crippen molar-refractivity contribution in [1.29, 1.82) is 0 Å². The van der Waals surface area contributed by atoms with E-state index in [0.717, 1.165) is 16.8 Å². The summed E-state index contributed by atoms with van der Waals surface area (Å²) in [6, 6.07) is 13.2. The highest BCUT2D eigenvalue weighted by Gasteiger charge is 2.10. The number of benzene rings is 2. The third-order valence-corrected chi connectivity index (χ3v) is 4.78. The minimum Gasteiger partial charge on any atom is -0.493 e. The van der Waals surface area contributed by atoms with Gasteiger partial charge < -0.3 is 20.5 Å². The number of carbonyl (C=O) groups is 1. The van der Waals surface area contributed by atoms with Crippen molar-refractivity contribution in [2.24, 2.45) is 0 Å². The van der Waals surface area contributed by atoms with Gasteiger partial charge in [0.05, 0.1) is 19.9 Å². The lowest BCUT2D eigenvalue weighted by atomic mass is 10.1. The highest BCUT2D eigenvalue weighted by Crippen LogP contribution is 2.28. The van der Waals surface area contributed by atoms with E-state index >= 15 is 0 Å². The quantitative estimate of drug-likeness (QED) is 0.603.